The maximum absolute atomic E-state index is 5.90. The summed E-state index contributed by atoms with van der Waals surface area (Å²) >= 11 is 0. The van der Waals surface area contributed by atoms with Crippen LogP contribution in [0.3, 0.4) is 0 Å². The number of ether oxygens (including phenoxy) is 1. The van der Waals surface area contributed by atoms with Gasteiger partial charge in [0.1, 0.15) is 0 Å². The van der Waals surface area contributed by atoms with E-state index in [9.17, 15) is 0 Å². The Bertz CT molecular complexity index is 319. The van der Waals surface area contributed by atoms with Gasteiger partial charge in [0.05, 0.1) is 19.2 Å². The van der Waals surface area contributed by atoms with Crippen LogP contribution in [0.2, 0.25) is 0 Å². The molecule has 1 heterocycles. The molecule has 1 aromatic rings. The molecule has 2 N–H and O–H groups in total. The number of hydrogen-bond donors (Lipinski definition) is 1. The summed E-state index contributed by atoms with van der Waals surface area (Å²) in [5.74, 6) is 0.692. The van der Waals surface area contributed by atoms with E-state index in [0.29, 0.717) is 12.0 Å². The molecule has 0 radical (unpaired) electrons. The molecule has 0 aliphatic carbocycles. The first-order valence-electron chi connectivity index (χ1n) is 7.37. The Morgan fingerprint density at radius 1 is 1.33 bits per heavy atom. The molecular weight excluding hydrogens is 222 g/mol. The molecular formula is C16H26NO+. The summed E-state index contributed by atoms with van der Waals surface area (Å²) < 4.78 is 5.90. The van der Waals surface area contributed by atoms with Crippen LogP contribution < -0.4 is 5.32 Å². The molecule has 1 aromatic carbocycles. The van der Waals surface area contributed by atoms with Gasteiger partial charge >= 0.3 is 0 Å². The van der Waals surface area contributed by atoms with Crippen LogP contribution in [0.1, 0.15) is 31.7 Å². The van der Waals surface area contributed by atoms with Crippen LogP contribution in [0, 0.1) is 5.92 Å². The normalized spacial score (nSPS) is 21.1. The van der Waals surface area contributed by atoms with E-state index >= 15 is 0 Å². The van der Waals surface area contributed by atoms with Crippen LogP contribution in [0.25, 0.3) is 0 Å². The average Bonchev–Trinajstić information content (AvgIpc) is 2.93. The number of hydrogen-bond acceptors (Lipinski definition) is 1. The standard InChI is InChI=1S/C16H25NO/c1-2-17-11-10-15(16-9-6-12-18-16)13-14-7-4-3-5-8-14/h3-5,7-8,15-17H,2,6,9-13H2,1H3/p+1/t15-,16-/m1/s1. The highest BCUT2D eigenvalue weighted by Gasteiger charge is 2.26. The third-order valence-electron chi connectivity index (χ3n) is 3.86. The zero-order chi connectivity index (χ0) is 12.6. The van der Waals surface area contributed by atoms with E-state index in [1.807, 2.05) is 0 Å². The number of rotatable bonds is 7. The van der Waals surface area contributed by atoms with Gasteiger partial charge in [0.2, 0.25) is 0 Å². The van der Waals surface area contributed by atoms with Gasteiger partial charge in [0, 0.05) is 13.0 Å². The van der Waals surface area contributed by atoms with Gasteiger partial charge < -0.3 is 10.1 Å². The van der Waals surface area contributed by atoms with Crippen molar-refractivity contribution in [3.63, 3.8) is 0 Å². The summed E-state index contributed by atoms with van der Waals surface area (Å²) in [7, 11) is 0. The van der Waals surface area contributed by atoms with Crippen molar-refractivity contribution >= 4 is 0 Å². The maximum atomic E-state index is 5.90. The molecule has 2 rings (SSSR count). The minimum atomic E-state index is 0.496. The van der Waals surface area contributed by atoms with Crippen LogP contribution in [-0.2, 0) is 11.2 Å². The molecule has 1 fully saturated rings. The van der Waals surface area contributed by atoms with Gasteiger partial charge in [-0.05, 0) is 37.7 Å². The van der Waals surface area contributed by atoms with E-state index in [0.717, 1.165) is 6.61 Å². The van der Waals surface area contributed by atoms with Gasteiger partial charge in [-0.3, -0.25) is 0 Å². The summed E-state index contributed by atoms with van der Waals surface area (Å²) in [6, 6.07) is 10.9. The Kier molecular flexibility index (Phi) is 5.69. The van der Waals surface area contributed by atoms with Crippen molar-refractivity contribution in [2.75, 3.05) is 19.7 Å². The van der Waals surface area contributed by atoms with E-state index < -0.39 is 0 Å². The highest BCUT2D eigenvalue weighted by Crippen LogP contribution is 2.25. The fraction of sp³-hybridized carbons (Fsp3) is 0.625. The van der Waals surface area contributed by atoms with Crippen molar-refractivity contribution in [3.05, 3.63) is 35.9 Å². The molecule has 2 atom stereocenters. The summed E-state index contributed by atoms with van der Waals surface area (Å²) in [5.41, 5.74) is 1.45. The molecule has 100 valence electrons. The second-order valence-corrected chi connectivity index (χ2v) is 5.28. The number of nitrogens with two attached hydrogens (primary N) is 1. The van der Waals surface area contributed by atoms with Gasteiger partial charge in [0.15, 0.2) is 0 Å². The summed E-state index contributed by atoms with van der Waals surface area (Å²) in [6.07, 6.45) is 5.43. The largest absolute Gasteiger partial charge is 0.378 e. The van der Waals surface area contributed by atoms with Crippen molar-refractivity contribution in [2.24, 2.45) is 5.92 Å². The minimum Gasteiger partial charge on any atom is -0.378 e. The fourth-order valence-corrected chi connectivity index (χ4v) is 2.85. The molecule has 0 aromatic heterocycles. The highest BCUT2D eigenvalue weighted by molar-refractivity contribution is 5.15. The van der Waals surface area contributed by atoms with E-state index in [2.05, 4.69) is 42.6 Å². The number of benzene rings is 1. The van der Waals surface area contributed by atoms with Crippen molar-refractivity contribution < 1.29 is 10.1 Å². The monoisotopic (exact) mass is 248 g/mol. The molecule has 2 heteroatoms. The molecule has 2 nitrogen and oxygen atoms in total. The SMILES string of the molecule is CC[NH2+]CC[C@H](Cc1ccccc1)[C@H]1CCCO1. The van der Waals surface area contributed by atoms with E-state index in [-0.39, 0.29) is 0 Å². The van der Waals surface area contributed by atoms with Crippen LogP contribution in [0.5, 0.6) is 0 Å². The van der Waals surface area contributed by atoms with Crippen LogP contribution in [0.4, 0.5) is 0 Å². The third kappa shape index (κ3) is 4.11. The molecule has 0 unspecified atom stereocenters. The lowest BCUT2D eigenvalue weighted by Crippen LogP contribution is -2.83. The topological polar surface area (TPSA) is 25.8 Å². The van der Waals surface area contributed by atoms with Gasteiger partial charge in [-0.1, -0.05) is 30.3 Å². The second-order valence-electron chi connectivity index (χ2n) is 5.28. The van der Waals surface area contributed by atoms with Gasteiger partial charge in [0.25, 0.3) is 0 Å². The Labute approximate surface area is 111 Å². The molecule has 1 saturated heterocycles. The zero-order valence-electron chi connectivity index (χ0n) is 11.5. The fourth-order valence-electron chi connectivity index (χ4n) is 2.85. The molecule has 1 aliphatic heterocycles. The van der Waals surface area contributed by atoms with Crippen LogP contribution in [0.15, 0.2) is 30.3 Å². The van der Waals surface area contributed by atoms with Crippen molar-refractivity contribution in [3.8, 4) is 0 Å². The Morgan fingerprint density at radius 2 is 2.17 bits per heavy atom. The molecule has 1 aliphatic rings. The average molecular weight is 248 g/mol. The Morgan fingerprint density at radius 3 is 2.83 bits per heavy atom. The third-order valence-corrected chi connectivity index (χ3v) is 3.86. The van der Waals surface area contributed by atoms with Crippen LogP contribution >= 0.6 is 0 Å². The van der Waals surface area contributed by atoms with Gasteiger partial charge in [-0.15, -0.1) is 0 Å². The van der Waals surface area contributed by atoms with Crippen molar-refractivity contribution in [1.29, 1.82) is 0 Å². The summed E-state index contributed by atoms with van der Waals surface area (Å²) in [6.45, 7) is 5.60. The number of quaternary nitrogens is 1. The minimum absolute atomic E-state index is 0.496. The Balaban J connectivity index is 1.90. The molecule has 0 saturated carbocycles. The van der Waals surface area contributed by atoms with E-state index in [4.69, 9.17) is 4.74 Å². The van der Waals surface area contributed by atoms with Gasteiger partial charge in [-0.25, -0.2) is 0 Å². The first-order valence-corrected chi connectivity index (χ1v) is 7.37. The lowest BCUT2D eigenvalue weighted by atomic mass is 9.89. The predicted molar refractivity (Wildman–Crippen MR) is 74.6 cm³/mol. The molecule has 0 bridgehead atoms. The molecule has 0 amide bonds. The lowest BCUT2D eigenvalue weighted by Gasteiger charge is -2.22. The van der Waals surface area contributed by atoms with Crippen LogP contribution in [-0.4, -0.2) is 25.8 Å². The first-order chi connectivity index (χ1) is 8.90. The van der Waals surface area contributed by atoms with Crippen molar-refractivity contribution in [1.82, 2.24) is 0 Å². The zero-order valence-corrected chi connectivity index (χ0v) is 11.5. The highest BCUT2D eigenvalue weighted by atomic mass is 16.5. The quantitative estimate of drug-likeness (QED) is 0.734. The van der Waals surface area contributed by atoms with Crippen molar-refractivity contribution in [2.45, 2.75) is 38.7 Å². The maximum Gasteiger partial charge on any atom is 0.0759 e. The summed E-state index contributed by atoms with van der Waals surface area (Å²) in [5, 5.41) is 2.40. The smallest absolute Gasteiger partial charge is 0.0759 e. The lowest BCUT2D eigenvalue weighted by molar-refractivity contribution is -0.652. The van der Waals surface area contributed by atoms with E-state index in [1.54, 1.807) is 0 Å². The first kappa shape index (κ1) is 13.6. The summed E-state index contributed by atoms with van der Waals surface area (Å²) in [4.78, 5) is 0. The predicted octanol–water partition coefficient (Wildman–Crippen LogP) is 2.00. The Hall–Kier alpha value is -0.860. The molecule has 18 heavy (non-hydrogen) atoms. The second kappa shape index (κ2) is 7.55. The molecule has 0 spiro atoms. The van der Waals surface area contributed by atoms with Gasteiger partial charge in [-0.2, -0.15) is 0 Å². The van der Waals surface area contributed by atoms with E-state index in [1.165, 1.54) is 44.3 Å².